The highest BCUT2D eigenvalue weighted by Gasteiger charge is 2.14. The fourth-order valence-electron chi connectivity index (χ4n) is 3.36. The fourth-order valence-corrected chi connectivity index (χ4v) is 3.49. The van der Waals surface area contributed by atoms with Gasteiger partial charge in [-0.25, -0.2) is 0 Å². The maximum atomic E-state index is 5.93. The molecule has 174 valence electrons. The van der Waals surface area contributed by atoms with Crippen LogP contribution in [0.25, 0.3) is 11.4 Å². The van der Waals surface area contributed by atoms with Crippen LogP contribution in [0.4, 0.5) is 0 Å². The summed E-state index contributed by atoms with van der Waals surface area (Å²) in [6.45, 7) is 9.67. The Morgan fingerprint density at radius 2 is 1.97 bits per heavy atom. The van der Waals surface area contributed by atoms with Gasteiger partial charge in [-0.3, -0.25) is 9.67 Å². The van der Waals surface area contributed by atoms with Gasteiger partial charge >= 0.3 is 0 Å². The number of guanidine groups is 1. The normalized spacial score (nSPS) is 12.4. The number of aryl methyl sites for hydroxylation is 2. The molecule has 0 saturated carbocycles. The number of aromatic nitrogens is 4. The number of aliphatic imine (C=N–C) groups is 1. The summed E-state index contributed by atoms with van der Waals surface area (Å²) in [5, 5.41) is 16.0. The van der Waals surface area contributed by atoms with E-state index in [9.17, 15) is 0 Å². The van der Waals surface area contributed by atoms with E-state index in [1.165, 1.54) is 11.3 Å². The van der Waals surface area contributed by atoms with Gasteiger partial charge in [-0.05, 0) is 63.9 Å². The smallest absolute Gasteiger partial charge is 0.228 e. The first-order valence-electron chi connectivity index (χ1n) is 10.5. The lowest BCUT2D eigenvalue weighted by Crippen LogP contribution is -2.43. The highest BCUT2D eigenvalue weighted by molar-refractivity contribution is 14.0. The summed E-state index contributed by atoms with van der Waals surface area (Å²) in [4.78, 5) is 9.11. The minimum atomic E-state index is 0. The van der Waals surface area contributed by atoms with Crippen LogP contribution in [-0.4, -0.2) is 45.0 Å². The second-order valence-electron chi connectivity index (χ2n) is 7.55. The second kappa shape index (κ2) is 12.2. The van der Waals surface area contributed by atoms with Gasteiger partial charge in [-0.2, -0.15) is 10.1 Å². The Kier molecular flexibility index (Phi) is 9.95. The molecule has 0 radical (unpaired) electrons. The third-order valence-corrected chi connectivity index (χ3v) is 5.31. The summed E-state index contributed by atoms with van der Waals surface area (Å²) in [7, 11) is 1.98. The van der Waals surface area contributed by atoms with Crippen molar-refractivity contribution < 1.29 is 4.52 Å². The van der Waals surface area contributed by atoms with Crippen LogP contribution in [0, 0.1) is 13.8 Å². The van der Waals surface area contributed by atoms with Crippen molar-refractivity contribution in [2.45, 2.75) is 46.6 Å². The molecule has 0 fully saturated rings. The first kappa shape index (κ1) is 26.1. The average molecular weight is 572 g/mol. The van der Waals surface area contributed by atoms with Gasteiger partial charge in [-0.1, -0.05) is 16.8 Å². The molecule has 0 aliphatic rings. The molecule has 2 heterocycles. The van der Waals surface area contributed by atoms with Crippen LogP contribution in [0.1, 0.15) is 36.7 Å². The highest BCUT2D eigenvalue weighted by Crippen LogP contribution is 2.19. The van der Waals surface area contributed by atoms with Crippen LogP contribution in [0.15, 0.2) is 33.8 Å². The number of nitrogens with zero attached hydrogens (tertiary/aromatic N) is 5. The van der Waals surface area contributed by atoms with Crippen LogP contribution in [0.2, 0.25) is 5.02 Å². The van der Waals surface area contributed by atoms with Crippen molar-refractivity contribution in [3.05, 3.63) is 52.1 Å². The third kappa shape index (κ3) is 6.93. The molecule has 0 aliphatic carbocycles. The molecule has 10 heteroatoms. The van der Waals surface area contributed by atoms with Crippen LogP contribution < -0.4 is 10.6 Å². The monoisotopic (exact) mass is 571 g/mol. The van der Waals surface area contributed by atoms with E-state index in [2.05, 4.69) is 51.6 Å². The minimum absolute atomic E-state index is 0. The average Bonchev–Trinajstić information content (AvgIpc) is 3.29. The van der Waals surface area contributed by atoms with Gasteiger partial charge < -0.3 is 15.2 Å². The molecule has 2 aromatic heterocycles. The Labute approximate surface area is 211 Å². The first-order valence-corrected chi connectivity index (χ1v) is 10.9. The van der Waals surface area contributed by atoms with Crippen LogP contribution in [0.3, 0.4) is 0 Å². The van der Waals surface area contributed by atoms with Crippen molar-refractivity contribution >= 4 is 41.5 Å². The SMILES string of the molecule is CCNC(=NCCc1nc(-c2ccc(Cl)cc2)no1)NC(C)Cc1c(C)nn(C)c1C.I. The highest BCUT2D eigenvalue weighted by atomic mass is 127. The summed E-state index contributed by atoms with van der Waals surface area (Å²) >= 11 is 5.93. The lowest BCUT2D eigenvalue weighted by atomic mass is 10.1. The Bertz CT molecular complexity index is 1030. The lowest BCUT2D eigenvalue weighted by molar-refractivity contribution is 0.380. The predicted octanol–water partition coefficient (Wildman–Crippen LogP) is 4.09. The Morgan fingerprint density at radius 3 is 2.59 bits per heavy atom. The van der Waals surface area contributed by atoms with Crippen LogP contribution >= 0.6 is 35.6 Å². The molecule has 8 nitrogen and oxygen atoms in total. The Hall–Kier alpha value is -2.14. The Balaban J connectivity index is 0.00000363. The van der Waals surface area contributed by atoms with Gasteiger partial charge in [0.25, 0.3) is 0 Å². The number of hydrogen-bond donors (Lipinski definition) is 2. The summed E-state index contributed by atoms with van der Waals surface area (Å²) < 4.78 is 7.30. The first-order chi connectivity index (χ1) is 14.9. The summed E-state index contributed by atoms with van der Waals surface area (Å²) in [6, 6.07) is 7.56. The number of hydrogen-bond acceptors (Lipinski definition) is 5. The van der Waals surface area contributed by atoms with Crippen molar-refractivity contribution in [3.8, 4) is 11.4 Å². The van der Waals surface area contributed by atoms with Crippen LogP contribution in [0.5, 0.6) is 0 Å². The summed E-state index contributed by atoms with van der Waals surface area (Å²) in [5.41, 5.74) is 4.41. The zero-order valence-corrected chi connectivity index (χ0v) is 22.2. The summed E-state index contributed by atoms with van der Waals surface area (Å²) in [5.74, 6) is 1.88. The van der Waals surface area contributed by atoms with Gasteiger partial charge in [0.15, 0.2) is 5.96 Å². The molecule has 1 atom stereocenters. The Morgan fingerprint density at radius 1 is 1.25 bits per heavy atom. The van der Waals surface area contributed by atoms with E-state index >= 15 is 0 Å². The maximum Gasteiger partial charge on any atom is 0.228 e. The molecule has 32 heavy (non-hydrogen) atoms. The molecule has 0 saturated heterocycles. The van der Waals surface area contributed by atoms with Crippen LogP contribution in [-0.2, 0) is 19.9 Å². The molecule has 1 aromatic carbocycles. The number of rotatable bonds is 8. The zero-order chi connectivity index (χ0) is 22.4. The topological polar surface area (TPSA) is 93.2 Å². The maximum absolute atomic E-state index is 5.93. The predicted molar refractivity (Wildman–Crippen MR) is 139 cm³/mol. The van der Waals surface area contributed by atoms with E-state index in [0.717, 1.165) is 30.2 Å². The summed E-state index contributed by atoms with van der Waals surface area (Å²) in [6.07, 6.45) is 1.44. The third-order valence-electron chi connectivity index (χ3n) is 5.06. The quantitative estimate of drug-likeness (QED) is 0.240. The van der Waals surface area contributed by atoms with Gasteiger partial charge in [-0.15, -0.1) is 24.0 Å². The van der Waals surface area contributed by atoms with Crippen molar-refractivity contribution in [2.24, 2.45) is 12.0 Å². The number of halogens is 2. The number of benzene rings is 1. The minimum Gasteiger partial charge on any atom is -0.357 e. The van der Waals surface area contributed by atoms with E-state index in [0.29, 0.717) is 29.7 Å². The lowest BCUT2D eigenvalue weighted by Gasteiger charge is -2.18. The van der Waals surface area contributed by atoms with Crippen molar-refractivity contribution in [1.29, 1.82) is 0 Å². The molecule has 0 bridgehead atoms. The molecular weight excluding hydrogens is 541 g/mol. The molecule has 3 aromatic rings. The van der Waals surface area contributed by atoms with Gasteiger partial charge in [0.1, 0.15) is 0 Å². The van der Waals surface area contributed by atoms with E-state index in [1.54, 1.807) is 12.1 Å². The van der Waals surface area contributed by atoms with Crippen molar-refractivity contribution in [2.75, 3.05) is 13.1 Å². The standard InChI is InChI=1S/C22H30ClN7O.HI/c1-6-24-22(26-14(2)13-19-15(3)28-30(5)16(19)4)25-12-11-20-27-21(29-31-20)17-7-9-18(23)10-8-17;/h7-10,14H,6,11-13H2,1-5H3,(H2,24,25,26);1H. The molecule has 0 aliphatic heterocycles. The van der Waals surface area contributed by atoms with Gasteiger partial charge in [0.2, 0.25) is 11.7 Å². The van der Waals surface area contributed by atoms with Crippen molar-refractivity contribution in [1.82, 2.24) is 30.6 Å². The van der Waals surface area contributed by atoms with E-state index in [-0.39, 0.29) is 30.0 Å². The van der Waals surface area contributed by atoms with Gasteiger partial charge in [0.05, 0.1) is 12.2 Å². The molecular formula is C22H31ClIN7O. The number of nitrogens with one attached hydrogen (secondary N) is 2. The van der Waals surface area contributed by atoms with Crippen molar-refractivity contribution in [3.63, 3.8) is 0 Å². The molecule has 1 unspecified atom stereocenters. The largest absolute Gasteiger partial charge is 0.357 e. The molecule has 3 rings (SSSR count). The fraction of sp³-hybridized carbons (Fsp3) is 0.455. The van der Waals surface area contributed by atoms with E-state index in [4.69, 9.17) is 16.1 Å². The van der Waals surface area contributed by atoms with E-state index in [1.807, 2.05) is 30.8 Å². The second-order valence-corrected chi connectivity index (χ2v) is 7.99. The molecule has 2 N–H and O–H groups in total. The zero-order valence-electron chi connectivity index (χ0n) is 19.1. The molecule has 0 spiro atoms. The van der Waals surface area contributed by atoms with Gasteiger partial charge in [0, 0.05) is 42.3 Å². The molecule has 0 amide bonds. The van der Waals surface area contributed by atoms with E-state index < -0.39 is 0 Å².